The Kier molecular flexibility index (Phi) is 8.74. The van der Waals surface area contributed by atoms with Crippen LogP contribution in [0.2, 0.25) is 0 Å². The van der Waals surface area contributed by atoms with Crippen LogP contribution >= 0.6 is 0 Å². The first-order valence-corrected chi connectivity index (χ1v) is 11.4. The predicted molar refractivity (Wildman–Crippen MR) is 133 cm³/mol. The van der Waals surface area contributed by atoms with Crippen molar-refractivity contribution in [3.63, 3.8) is 0 Å². The Morgan fingerprint density at radius 2 is 1.39 bits per heavy atom. The molecule has 1 atom stereocenters. The minimum Gasteiger partial charge on any atom is -0.508 e. The average molecular weight is 526 g/mol. The lowest BCUT2D eigenvalue weighted by molar-refractivity contribution is -0.139. The summed E-state index contributed by atoms with van der Waals surface area (Å²) in [4.78, 5) is 49.4. The first-order valence-electron chi connectivity index (χ1n) is 11.4. The molecule has 3 amide bonds. The summed E-state index contributed by atoms with van der Waals surface area (Å²) < 4.78 is 26.7. The molecule has 9 nitrogen and oxygen atoms in total. The molecule has 0 aliphatic heterocycles. The van der Waals surface area contributed by atoms with Crippen LogP contribution in [0.5, 0.6) is 5.75 Å². The summed E-state index contributed by atoms with van der Waals surface area (Å²) in [5.41, 5.74) is 1.60. The van der Waals surface area contributed by atoms with Crippen molar-refractivity contribution >= 4 is 23.7 Å². The zero-order valence-corrected chi connectivity index (χ0v) is 20.5. The minimum absolute atomic E-state index is 0.0703. The van der Waals surface area contributed by atoms with Gasteiger partial charge in [-0.25, -0.2) is 13.6 Å². The van der Waals surface area contributed by atoms with Crippen LogP contribution in [-0.4, -0.2) is 46.5 Å². The first-order chi connectivity index (χ1) is 17.9. The molecule has 0 aromatic heterocycles. The van der Waals surface area contributed by atoms with E-state index >= 15 is 0 Å². The number of nitrogens with one attached hydrogen (secondary N) is 3. The van der Waals surface area contributed by atoms with Gasteiger partial charge < -0.3 is 26.2 Å². The van der Waals surface area contributed by atoms with Gasteiger partial charge in [0.1, 0.15) is 23.4 Å². The minimum atomic E-state index is -1.55. The molecule has 0 radical (unpaired) electrons. The number of carboxylic acid groups (broad SMARTS) is 1. The van der Waals surface area contributed by atoms with Gasteiger partial charge in [0.05, 0.1) is 0 Å². The molecule has 0 spiro atoms. The molecule has 1 unspecified atom stereocenters. The summed E-state index contributed by atoms with van der Waals surface area (Å²) in [5.74, 6) is -5.39. The summed E-state index contributed by atoms with van der Waals surface area (Å²) in [7, 11) is 0. The third kappa shape index (κ3) is 7.12. The van der Waals surface area contributed by atoms with E-state index in [1.54, 1.807) is 26.0 Å². The maximum absolute atomic E-state index is 13.4. The topological polar surface area (TPSA) is 145 Å². The summed E-state index contributed by atoms with van der Waals surface area (Å²) in [6.45, 7) is 2.79. The highest BCUT2D eigenvalue weighted by Crippen LogP contribution is 2.18. The number of phenolic OH excluding ortho intramolecular Hbond substituents is 1. The number of hydrogen-bond acceptors (Lipinski definition) is 5. The number of amides is 3. The first kappa shape index (κ1) is 27.8. The Morgan fingerprint density at radius 1 is 0.816 bits per heavy atom. The number of rotatable bonds is 9. The molecule has 0 bridgehead atoms. The van der Waals surface area contributed by atoms with Gasteiger partial charge in [-0.2, -0.15) is 0 Å². The van der Waals surface area contributed by atoms with Gasteiger partial charge in [-0.15, -0.1) is 0 Å². The van der Waals surface area contributed by atoms with E-state index in [1.807, 2.05) is 0 Å². The molecule has 0 saturated carbocycles. The molecule has 0 aliphatic rings. The van der Waals surface area contributed by atoms with E-state index in [0.717, 1.165) is 12.1 Å². The van der Waals surface area contributed by atoms with Gasteiger partial charge in [0.15, 0.2) is 0 Å². The molecule has 3 aromatic carbocycles. The van der Waals surface area contributed by atoms with E-state index < -0.39 is 47.9 Å². The highest BCUT2D eigenvalue weighted by atomic mass is 19.1. The quantitative estimate of drug-likeness (QED) is 0.291. The highest BCUT2D eigenvalue weighted by Gasteiger charge is 2.24. The molecule has 198 valence electrons. The summed E-state index contributed by atoms with van der Waals surface area (Å²) in [6, 6.07) is 10.0. The molecule has 38 heavy (non-hydrogen) atoms. The number of halogens is 2. The van der Waals surface area contributed by atoms with Crippen molar-refractivity contribution in [2.75, 3.05) is 6.54 Å². The second-order valence-electron chi connectivity index (χ2n) is 8.57. The number of carbonyl (C=O) groups is 4. The highest BCUT2D eigenvalue weighted by molar-refractivity contribution is 6.02. The lowest BCUT2D eigenvalue weighted by Crippen LogP contribution is -2.48. The van der Waals surface area contributed by atoms with Crippen LogP contribution in [0.3, 0.4) is 0 Å². The second-order valence-corrected chi connectivity index (χ2v) is 8.57. The SMILES string of the molecule is Cc1cc(C(=O)NCc2cccc(O)c2)cc(C)c1C(=O)NC(CNC(=O)c1cc(F)cc(F)c1)C(=O)O. The van der Waals surface area contributed by atoms with Gasteiger partial charge in [-0.05, 0) is 66.9 Å². The lowest BCUT2D eigenvalue weighted by Gasteiger charge is -2.18. The van der Waals surface area contributed by atoms with Gasteiger partial charge in [-0.1, -0.05) is 12.1 Å². The largest absolute Gasteiger partial charge is 0.508 e. The van der Waals surface area contributed by atoms with Crippen molar-refractivity contribution < 1.29 is 38.2 Å². The van der Waals surface area contributed by atoms with E-state index in [0.29, 0.717) is 22.8 Å². The zero-order valence-electron chi connectivity index (χ0n) is 20.5. The van der Waals surface area contributed by atoms with Crippen molar-refractivity contribution in [1.82, 2.24) is 16.0 Å². The van der Waals surface area contributed by atoms with Crippen molar-refractivity contribution in [2.45, 2.75) is 26.4 Å². The van der Waals surface area contributed by atoms with Crippen LogP contribution in [0.15, 0.2) is 54.6 Å². The monoisotopic (exact) mass is 525 g/mol. The van der Waals surface area contributed by atoms with E-state index in [1.165, 1.54) is 24.3 Å². The molecule has 3 aromatic rings. The number of carbonyl (C=O) groups excluding carboxylic acids is 3. The number of hydrogen-bond donors (Lipinski definition) is 5. The molecule has 5 N–H and O–H groups in total. The van der Waals surface area contributed by atoms with Crippen LogP contribution in [0.4, 0.5) is 8.78 Å². The molecular weight excluding hydrogens is 500 g/mol. The van der Waals surface area contributed by atoms with Crippen molar-refractivity contribution in [3.05, 3.63) is 99.6 Å². The van der Waals surface area contributed by atoms with E-state index in [2.05, 4.69) is 16.0 Å². The third-order valence-corrected chi connectivity index (χ3v) is 5.58. The van der Waals surface area contributed by atoms with Crippen LogP contribution in [0.25, 0.3) is 0 Å². The molecule has 0 saturated heterocycles. The second kappa shape index (κ2) is 12.0. The summed E-state index contributed by atoms with van der Waals surface area (Å²) in [6.07, 6.45) is 0. The standard InChI is InChI=1S/C27H25F2N3O6/c1-14-6-17(24(34)30-12-16-4-3-5-21(33)8-16)7-15(2)23(14)26(36)32-22(27(37)38)13-31-25(35)18-9-19(28)11-20(29)10-18/h3-11,22,33H,12-13H2,1-2H3,(H,30,34)(H,31,35)(H,32,36)(H,37,38). The number of benzene rings is 3. The molecule has 0 heterocycles. The van der Waals surface area contributed by atoms with E-state index in [4.69, 9.17) is 0 Å². The fourth-order valence-electron chi connectivity index (χ4n) is 3.82. The molecule has 11 heteroatoms. The predicted octanol–water partition coefficient (Wildman–Crippen LogP) is 2.83. The normalized spacial score (nSPS) is 11.4. The Labute approximate surface area is 216 Å². The number of aromatic hydroxyl groups is 1. The maximum Gasteiger partial charge on any atom is 0.328 e. The van der Waals surface area contributed by atoms with E-state index in [9.17, 15) is 38.2 Å². The molecule has 0 aliphatic carbocycles. The Bertz CT molecular complexity index is 1370. The third-order valence-electron chi connectivity index (χ3n) is 5.58. The number of aliphatic carboxylic acids is 1. The van der Waals surface area contributed by atoms with Crippen LogP contribution < -0.4 is 16.0 Å². The number of aryl methyl sites for hydroxylation is 2. The Morgan fingerprint density at radius 3 is 1.97 bits per heavy atom. The van der Waals surface area contributed by atoms with Gasteiger partial charge in [0.25, 0.3) is 17.7 Å². The van der Waals surface area contributed by atoms with Crippen molar-refractivity contribution in [3.8, 4) is 5.75 Å². The lowest BCUT2D eigenvalue weighted by atomic mass is 9.98. The molecular formula is C27H25F2N3O6. The molecule has 3 rings (SSSR count). The van der Waals surface area contributed by atoms with Crippen LogP contribution in [0.1, 0.15) is 47.8 Å². The van der Waals surface area contributed by atoms with Crippen LogP contribution in [-0.2, 0) is 11.3 Å². The van der Waals surface area contributed by atoms with Gasteiger partial charge in [-0.3, -0.25) is 14.4 Å². The fourth-order valence-corrected chi connectivity index (χ4v) is 3.82. The van der Waals surface area contributed by atoms with Crippen molar-refractivity contribution in [1.29, 1.82) is 0 Å². The number of carboxylic acids is 1. The Balaban J connectivity index is 1.67. The van der Waals surface area contributed by atoms with Gasteiger partial charge in [0, 0.05) is 35.8 Å². The van der Waals surface area contributed by atoms with Gasteiger partial charge >= 0.3 is 5.97 Å². The maximum atomic E-state index is 13.4. The van der Waals surface area contributed by atoms with Gasteiger partial charge in [0.2, 0.25) is 0 Å². The summed E-state index contributed by atoms with van der Waals surface area (Å²) in [5, 5.41) is 26.3. The smallest absolute Gasteiger partial charge is 0.328 e. The van der Waals surface area contributed by atoms with E-state index in [-0.39, 0.29) is 29.0 Å². The average Bonchev–Trinajstić information content (AvgIpc) is 2.83. The fraction of sp³-hybridized carbons (Fsp3) is 0.185. The van der Waals surface area contributed by atoms with Crippen molar-refractivity contribution in [2.24, 2.45) is 0 Å². The van der Waals surface area contributed by atoms with Crippen LogP contribution in [0, 0.1) is 25.5 Å². The summed E-state index contributed by atoms with van der Waals surface area (Å²) >= 11 is 0. The number of phenols is 1. The Hall–Kier alpha value is -4.80. The zero-order chi connectivity index (χ0) is 28.0. The molecule has 0 fully saturated rings.